The van der Waals surface area contributed by atoms with Gasteiger partial charge in [-0.1, -0.05) is 6.07 Å². The molecular formula is C19H19ClN4O2S. The molecule has 2 aromatic heterocycles. The molecule has 0 N–H and O–H groups in total. The summed E-state index contributed by atoms with van der Waals surface area (Å²) in [5.41, 5.74) is 1.24. The maximum Gasteiger partial charge on any atom is 0.231 e. The number of anilines is 1. The second-order valence-electron chi connectivity index (χ2n) is 6.84. The first kappa shape index (κ1) is 17.0. The summed E-state index contributed by atoms with van der Waals surface area (Å²) >= 11 is 7.82. The normalized spacial score (nSPS) is 17.0. The fourth-order valence-corrected chi connectivity index (χ4v) is 4.75. The molecule has 3 aromatic rings. The smallest absolute Gasteiger partial charge is 0.231 e. The molecule has 27 heavy (non-hydrogen) atoms. The van der Waals surface area contributed by atoms with Gasteiger partial charge in [-0.05, 0) is 42.3 Å². The van der Waals surface area contributed by atoms with Crippen LogP contribution in [0.3, 0.4) is 0 Å². The Morgan fingerprint density at radius 1 is 1.07 bits per heavy atom. The van der Waals surface area contributed by atoms with Gasteiger partial charge in [-0.3, -0.25) is 4.90 Å². The number of hydrogen-bond donors (Lipinski definition) is 0. The highest BCUT2D eigenvalue weighted by Gasteiger charge is 2.22. The molecule has 0 saturated carbocycles. The predicted molar refractivity (Wildman–Crippen MR) is 107 cm³/mol. The number of piperazine rings is 1. The quantitative estimate of drug-likeness (QED) is 0.622. The molecule has 0 unspecified atom stereocenters. The number of nitrogens with zero attached hydrogens (tertiary/aromatic N) is 4. The molecule has 0 atom stereocenters. The Morgan fingerprint density at radius 2 is 1.89 bits per heavy atom. The Bertz CT molecular complexity index is 1000. The molecule has 1 fully saturated rings. The lowest BCUT2D eigenvalue weighted by molar-refractivity contribution is 0.174. The number of hydrogen-bond acceptors (Lipinski definition) is 7. The van der Waals surface area contributed by atoms with E-state index in [1.807, 2.05) is 6.07 Å². The number of aryl methyl sites for hydroxylation is 1. The molecule has 8 heteroatoms. The number of thiophene rings is 1. The lowest BCUT2D eigenvalue weighted by atomic mass is 10.1. The molecule has 0 spiro atoms. The van der Waals surface area contributed by atoms with Gasteiger partial charge < -0.3 is 14.4 Å². The van der Waals surface area contributed by atoms with Crippen molar-refractivity contribution in [3.63, 3.8) is 0 Å². The topological polar surface area (TPSA) is 50.7 Å². The Labute approximate surface area is 166 Å². The molecule has 0 radical (unpaired) electrons. The summed E-state index contributed by atoms with van der Waals surface area (Å²) in [4.78, 5) is 15.8. The Kier molecular flexibility index (Phi) is 4.30. The Hall–Kier alpha value is -2.09. The van der Waals surface area contributed by atoms with Gasteiger partial charge in [0.1, 0.15) is 10.6 Å². The van der Waals surface area contributed by atoms with Crippen LogP contribution >= 0.6 is 22.9 Å². The highest BCUT2D eigenvalue weighted by Crippen LogP contribution is 2.34. The van der Waals surface area contributed by atoms with Gasteiger partial charge in [-0.15, -0.1) is 11.3 Å². The van der Waals surface area contributed by atoms with Gasteiger partial charge in [0.15, 0.2) is 11.5 Å². The third kappa shape index (κ3) is 3.31. The van der Waals surface area contributed by atoms with E-state index in [1.54, 1.807) is 11.3 Å². The lowest BCUT2D eigenvalue weighted by Gasteiger charge is -2.35. The van der Waals surface area contributed by atoms with Gasteiger partial charge >= 0.3 is 0 Å². The Morgan fingerprint density at radius 3 is 2.74 bits per heavy atom. The van der Waals surface area contributed by atoms with Crippen LogP contribution in [0, 0.1) is 6.92 Å². The summed E-state index contributed by atoms with van der Waals surface area (Å²) < 4.78 is 10.9. The van der Waals surface area contributed by atoms with Crippen LogP contribution in [0.15, 0.2) is 24.3 Å². The van der Waals surface area contributed by atoms with Crippen LogP contribution < -0.4 is 14.4 Å². The van der Waals surface area contributed by atoms with Crippen LogP contribution in [0.1, 0.15) is 10.4 Å². The molecule has 6 nitrogen and oxygen atoms in total. The van der Waals surface area contributed by atoms with Gasteiger partial charge in [0.2, 0.25) is 12.1 Å². The van der Waals surface area contributed by atoms with Crippen LogP contribution in [0.25, 0.3) is 10.2 Å². The van der Waals surface area contributed by atoms with Crippen molar-refractivity contribution in [1.29, 1.82) is 0 Å². The monoisotopic (exact) mass is 402 g/mol. The summed E-state index contributed by atoms with van der Waals surface area (Å²) in [6.45, 7) is 7.09. The highest BCUT2D eigenvalue weighted by molar-refractivity contribution is 7.18. The van der Waals surface area contributed by atoms with Gasteiger partial charge in [-0.2, -0.15) is 4.98 Å². The fourth-order valence-electron chi connectivity index (χ4n) is 3.66. The zero-order valence-corrected chi connectivity index (χ0v) is 16.5. The van der Waals surface area contributed by atoms with Gasteiger partial charge in [0.05, 0.1) is 5.39 Å². The zero-order chi connectivity index (χ0) is 18.4. The standard InChI is InChI=1S/C19H19ClN4O2S/c1-12-8-14-17(21-19(20)22-18(14)27-12)24-6-4-23(5-7-24)10-13-2-3-15-16(9-13)26-11-25-15/h2-3,8-9H,4-7,10-11H2,1H3. The SMILES string of the molecule is Cc1cc2c(N3CCN(Cc4ccc5c(c4)OCO5)CC3)nc(Cl)nc2s1. The van der Waals surface area contributed by atoms with Crippen molar-refractivity contribution >= 4 is 39.0 Å². The van der Waals surface area contributed by atoms with E-state index in [1.165, 1.54) is 10.4 Å². The second kappa shape index (κ2) is 6.82. The van der Waals surface area contributed by atoms with E-state index < -0.39 is 0 Å². The van der Waals surface area contributed by atoms with Gasteiger partial charge in [0, 0.05) is 37.6 Å². The molecule has 140 valence electrons. The maximum absolute atomic E-state index is 6.16. The van der Waals surface area contributed by atoms with E-state index in [0.29, 0.717) is 12.1 Å². The largest absolute Gasteiger partial charge is 0.454 e. The summed E-state index contributed by atoms with van der Waals surface area (Å²) in [5, 5.41) is 1.42. The van der Waals surface area contributed by atoms with Crippen LogP contribution in [0.5, 0.6) is 11.5 Å². The highest BCUT2D eigenvalue weighted by atomic mass is 35.5. The number of fused-ring (bicyclic) bond motifs is 2. The van der Waals surface area contributed by atoms with Crippen molar-refractivity contribution in [3.8, 4) is 11.5 Å². The number of ether oxygens (including phenoxy) is 2. The van der Waals surface area contributed by atoms with Crippen molar-refractivity contribution < 1.29 is 9.47 Å². The molecule has 1 saturated heterocycles. The zero-order valence-electron chi connectivity index (χ0n) is 14.9. The molecule has 2 aliphatic heterocycles. The van der Waals surface area contributed by atoms with Crippen LogP contribution in [-0.4, -0.2) is 47.8 Å². The van der Waals surface area contributed by atoms with Gasteiger partial charge in [-0.25, -0.2) is 4.98 Å². The number of halogens is 1. The minimum atomic E-state index is 0.315. The molecule has 5 rings (SSSR count). The minimum Gasteiger partial charge on any atom is -0.454 e. The van der Waals surface area contributed by atoms with Crippen LogP contribution in [0.4, 0.5) is 5.82 Å². The first-order valence-corrected chi connectivity index (χ1v) is 10.1. The maximum atomic E-state index is 6.16. The number of benzene rings is 1. The van der Waals surface area contributed by atoms with Crippen LogP contribution in [0.2, 0.25) is 5.28 Å². The van der Waals surface area contributed by atoms with E-state index in [9.17, 15) is 0 Å². The summed E-state index contributed by atoms with van der Waals surface area (Å²) in [6.07, 6.45) is 0. The van der Waals surface area contributed by atoms with Crippen molar-refractivity contribution in [2.45, 2.75) is 13.5 Å². The predicted octanol–water partition coefficient (Wildman–Crippen LogP) is 3.70. The third-order valence-electron chi connectivity index (χ3n) is 4.98. The molecular weight excluding hydrogens is 384 g/mol. The summed E-state index contributed by atoms with van der Waals surface area (Å²) in [6, 6.07) is 8.34. The lowest BCUT2D eigenvalue weighted by Crippen LogP contribution is -2.46. The van der Waals surface area contributed by atoms with Crippen molar-refractivity contribution in [2.24, 2.45) is 0 Å². The van der Waals surface area contributed by atoms with E-state index in [0.717, 1.165) is 60.3 Å². The van der Waals surface area contributed by atoms with E-state index in [2.05, 4.69) is 44.9 Å². The van der Waals surface area contributed by atoms with E-state index in [4.69, 9.17) is 21.1 Å². The molecule has 1 aromatic carbocycles. The van der Waals surface area contributed by atoms with E-state index in [-0.39, 0.29) is 0 Å². The van der Waals surface area contributed by atoms with Gasteiger partial charge in [0.25, 0.3) is 0 Å². The molecule has 0 bridgehead atoms. The second-order valence-corrected chi connectivity index (χ2v) is 8.42. The third-order valence-corrected chi connectivity index (χ3v) is 6.10. The summed E-state index contributed by atoms with van der Waals surface area (Å²) in [5.74, 6) is 2.63. The number of aromatic nitrogens is 2. The first-order valence-electron chi connectivity index (χ1n) is 8.95. The fraction of sp³-hybridized carbons (Fsp3) is 0.368. The minimum absolute atomic E-state index is 0.315. The molecule has 0 amide bonds. The average molecular weight is 403 g/mol. The Balaban J connectivity index is 1.29. The van der Waals surface area contributed by atoms with Crippen LogP contribution in [-0.2, 0) is 6.54 Å². The first-order chi connectivity index (χ1) is 13.2. The molecule has 4 heterocycles. The summed E-state index contributed by atoms with van der Waals surface area (Å²) in [7, 11) is 0. The van der Waals surface area contributed by atoms with Crippen molar-refractivity contribution in [3.05, 3.63) is 40.0 Å². The average Bonchev–Trinajstić information content (AvgIpc) is 3.26. The van der Waals surface area contributed by atoms with Crippen molar-refractivity contribution in [2.75, 3.05) is 37.9 Å². The van der Waals surface area contributed by atoms with Crippen molar-refractivity contribution in [1.82, 2.24) is 14.9 Å². The van der Waals surface area contributed by atoms with E-state index >= 15 is 0 Å². The number of rotatable bonds is 3. The molecule has 0 aliphatic carbocycles. The molecule has 2 aliphatic rings.